The molecule has 182 valence electrons. The van der Waals surface area contributed by atoms with Crippen molar-refractivity contribution in [1.29, 1.82) is 0 Å². The molecule has 0 bridgehead atoms. The van der Waals surface area contributed by atoms with Crippen LogP contribution >= 0.6 is 0 Å². The molecule has 0 saturated carbocycles. The fraction of sp³-hybridized carbons (Fsp3) is 0.458. The molecule has 34 heavy (non-hydrogen) atoms. The fourth-order valence-electron chi connectivity index (χ4n) is 4.05. The minimum absolute atomic E-state index is 0.0737. The van der Waals surface area contributed by atoms with Crippen LogP contribution in [0.4, 0.5) is 19.0 Å². The van der Waals surface area contributed by atoms with E-state index in [0.717, 1.165) is 25.8 Å². The molecule has 1 fully saturated rings. The van der Waals surface area contributed by atoms with E-state index in [-0.39, 0.29) is 31.4 Å². The smallest absolute Gasteiger partial charge is 0.254 e. The largest absolute Gasteiger partial charge is 0.369 e. The van der Waals surface area contributed by atoms with Crippen LogP contribution < -0.4 is 16.0 Å². The first-order valence-corrected chi connectivity index (χ1v) is 11.7. The van der Waals surface area contributed by atoms with E-state index in [9.17, 15) is 18.0 Å². The summed E-state index contributed by atoms with van der Waals surface area (Å²) in [5.74, 6) is -0.539. The van der Waals surface area contributed by atoms with Gasteiger partial charge in [0, 0.05) is 31.2 Å². The Morgan fingerprint density at radius 1 is 1.18 bits per heavy atom. The van der Waals surface area contributed by atoms with Crippen LogP contribution in [-0.4, -0.2) is 59.0 Å². The second kappa shape index (κ2) is 11.3. The van der Waals surface area contributed by atoms with Crippen LogP contribution in [0.25, 0.3) is 16.9 Å². The molecule has 0 spiro atoms. The highest BCUT2D eigenvalue weighted by atomic mass is 19.1. The lowest BCUT2D eigenvalue weighted by atomic mass is 10.1. The van der Waals surface area contributed by atoms with Gasteiger partial charge in [0.2, 0.25) is 0 Å². The third kappa shape index (κ3) is 5.85. The number of carbonyl (C=O) groups is 1. The molecule has 0 aliphatic carbocycles. The van der Waals surface area contributed by atoms with E-state index in [0.29, 0.717) is 35.6 Å². The lowest BCUT2D eigenvalue weighted by Gasteiger charge is -2.12. The summed E-state index contributed by atoms with van der Waals surface area (Å²) in [5.41, 5.74) is 1.67. The van der Waals surface area contributed by atoms with Gasteiger partial charge in [-0.25, -0.2) is 18.3 Å². The fourth-order valence-corrected chi connectivity index (χ4v) is 4.05. The van der Waals surface area contributed by atoms with Gasteiger partial charge in [-0.05, 0) is 43.5 Å². The highest BCUT2D eigenvalue weighted by Gasteiger charge is 2.24. The Hall–Kier alpha value is -3.14. The maximum Gasteiger partial charge on any atom is 0.254 e. The monoisotopic (exact) mass is 474 g/mol. The van der Waals surface area contributed by atoms with Gasteiger partial charge in [0.05, 0.1) is 24.1 Å². The number of imidazole rings is 1. The van der Waals surface area contributed by atoms with E-state index in [1.807, 2.05) is 12.1 Å². The van der Waals surface area contributed by atoms with Crippen molar-refractivity contribution in [1.82, 2.24) is 25.2 Å². The molecule has 1 saturated heterocycles. The first kappa shape index (κ1) is 24.0. The number of benzene rings is 1. The van der Waals surface area contributed by atoms with Gasteiger partial charge in [0.1, 0.15) is 17.8 Å². The predicted molar refractivity (Wildman–Crippen MR) is 125 cm³/mol. The van der Waals surface area contributed by atoms with Gasteiger partial charge in [-0.15, -0.1) is 5.10 Å². The molecule has 7 nitrogen and oxygen atoms in total. The summed E-state index contributed by atoms with van der Waals surface area (Å²) >= 11 is 0. The van der Waals surface area contributed by atoms with Gasteiger partial charge in [-0.2, -0.15) is 0 Å². The second-order valence-corrected chi connectivity index (χ2v) is 8.50. The van der Waals surface area contributed by atoms with Crippen LogP contribution in [-0.2, 0) is 0 Å². The number of halogens is 3. The number of carbonyl (C=O) groups excluding carboxylic acids is 1. The van der Waals surface area contributed by atoms with E-state index in [4.69, 9.17) is 0 Å². The van der Waals surface area contributed by atoms with Crippen molar-refractivity contribution in [2.75, 3.05) is 31.6 Å². The summed E-state index contributed by atoms with van der Waals surface area (Å²) < 4.78 is 41.8. The number of fused-ring (bicyclic) bond motifs is 1. The molecule has 2 aromatic heterocycles. The molecule has 3 aromatic rings. The molecule has 10 heteroatoms. The van der Waals surface area contributed by atoms with Gasteiger partial charge in [0.15, 0.2) is 5.65 Å². The van der Waals surface area contributed by atoms with Gasteiger partial charge >= 0.3 is 0 Å². The lowest BCUT2D eigenvalue weighted by Crippen LogP contribution is -2.37. The van der Waals surface area contributed by atoms with E-state index < -0.39 is 17.9 Å². The molecule has 1 aliphatic heterocycles. The molecule has 1 aromatic carbocycles. The topological polar surface area (TPSA) is 83.3 Å². The minimum atomic E-state index is -0.917. The van der Waals surface area contributed by atoms with E-state index in [1.165, 1.54) is 12.1 Å². The third-order valence-electron chi connectivity index (χ3n) is 5.92. The molecule has 3 heterocycles. The number of nitrogens with one attached hydrogen (secondary N) is 3. The van der Waals surface area contributed by atoms with Crippen LogP contribution in [0.5, 0.6) is 0 Å². The van der Waals surface area contributed by atoms with Crippen LogP contribution in [0.1, 0.15) is 42.5 Å². The average molecular weight is 475 g/mol. The van der Waals surface area contributed by atoms with Crippen molar-refractivity contribution in [3.8, 4) is 11.3 Å². The Morgan fingerprint density at radius 2 is 2.03 bits per heavy atom. The van der Waals surface area contributed by atoms with E-state index >= 15 is 0 Å². The first-order chi connectivity index (χ1) is 16.5. The highest BCUT2D eigenvalue weighted by Crippen LogP contribution is 2.23. The van der Waals surface area contributed by atoms with Crippen molar-refractivity contribution in [2.45, 2.75) is 44.3 Å². The van der Waals surface area contributed by atoms with Crippen LogP contribution in [0.15, 0.2) is 36.5 Å². The summed E-state index contributed by atoms with van der Waals surface area (Å²) in [7, 11) is 0. The van der Waals surface area contributed by atoms with Crippen LogP contribution in [0.2, 0.25) is 0 Å². The molecule has 1 aliphatic rings. The molecule has 1 amide bonds. The zero-order valence-electron chi connectivity index (χ0n) is 18.9. The second-order valence-electron chi connectivity index (χ2n) is 8.50. The van der Waals surface area contributed by atoms with Crippen molar-refractivity contribution >= 4 is 17.4 Å². The Balaban J connectivity index is 1.41. The standard InChI is InChI=1S/C24H29F3N6O/c25-9-3-1-2-4-10-28-22-7-8-23-30-15-21(33(23)32-22)16-5-6-19(20(27)11-16)24(34)31-14-18-12-17(26)13-29-18/h5-8,11,15,17-18,29H,1-4,9-10,12-14H2,(H,28,32)(H,31,34)/t17-,18+/m1/s1. The molecule has 0 unspecified atom stereocenters. The summed E-state index contributed by atoms with van der Waals surface area (Å²) in [6.07, 6.45) is 4.34. The number of aromatic nitrogens is 3. The average Bonchev–Trinajstić information content (AvgIpc) is 3.45. The number of hydrogen-bond donors (Lipinski definition) is 3. The van der Waals surface area contributed by atoms with Gasteiger partial charge in [0.25, 0.3) is 5.91 Å². The maximum atomic E-state index is 14.8. The quantitative estimate of drug-likeness (QED) is 0.367. The van der Waals surface area contributed by atoms with Gasteiger partial charge in [-0.1, -0.05) is 18.9 Å². The van der Waals surface area contributed by atoms with E-state index in [1.54, 1.807) is 16.8 Å². The Morgan fingerprint density at radius 3 is 2.79 bits per heavy atom. The number of hydrogen-bond acceptors (Lipinski definition) is 5. The molecular formula is C24H29F3N6O. The molecule has 2 atom stereocenters. The number of amides is 1. The van der Waals surface area contributed by atoms with Crippen molar-refractivity contribution in [2.24, 2.45) is 0 Å². The van der Waals surface area contributed by atoms with Crippen molar-refractivity contribution in [3.63, 3.8) is 0 Å². The minimum Gasteiger partial charge on any atom is -0.369 e. The molecule has 0 radical (unpaired) electrons. The Bertz CT molecular complexity index is 1120. The molecule has 3 N–H and O–H groups in total. The SMILES string of the molecule is O=C(NC[C@@H]1C[C@@H](F)CN1)c1ccc(-c2cnc3ccc(NCCCCCCF)nn23)cc1F. The first-order valence-electron chi connectivity index (χ1n) is 11.7. The van der Waals surface area contributed by atoms with Crippen LogP contribution in [0, 0.1) is 5.82 Å². The molecular weight excluding hydrogens is 445 g/mol. The number of rotatable bonds is 11. The third-order valence-corrected chi connectivity index (χ3v) is 5.92. The summed E-state index contributed by atoms with van der Waals surface area (Å²) in [5, 5.41) is 13.5. The summed E-state index contributed by atoms with van der Waals surface area (Å²) in [4.78, 5) is 16.7. The molecule has 4 rings (SSSR count). The predicted octanol–water partition coefficient (Wildman–Crippen LogP) is 3.91. The zero-order chi connectivity index (χ0) is 23.9. The van der Waals surface area contributed by atoms with Crippen LogP contribution in [0.3, 0.4) is 0 Å². The Labute approximate surface area is 196 Å². The lowest BCUT2D eigenvalue weighted by molar-refractivity contribution is 0.0946. The maximum absolute atomic E-state index is 14.8. The van der Waals surface area contributed by atoms with E-state index in [2.05, 4.69) is 26.0 Å². The normalized spacial score (nSPS) is 17.9. The van der Waals surface area contributed by atoms with Crippen molar-refractivity contribution < 1.29 is 18.0 Å². The number of unbranched alkanes of at least 4 members (excludes halogenated alkanes) is 3. The number of anilines is 1. The Kier molecular flexibility index (Phi) is 7.99. The highest BCUT2D eigenvalue weighted by molar-refractivity contribution is 5.95. The summed E-state index contributed by atoms with van der Waals surface area (Å²) in [6, 6.07) is 7.86. The van der Waals surface area contributed by atoms with Crippen molar-refractivity contribution in [3.05, 3.63) is 47.9 Å². The summed E-state index contributed by atoms with van der Waals surface area (Å²) in [6.45, 7) is 0.952. The number of alkyl halides is 2. The number of nitrogens with zero attached hydrogens (tertiary/aromatic N) is 3. The zero-order valence-corrected chi connectivity index (χ0v) is 18.9. The van der Waals surface area contributed by atoms with Gasteiger partial charge in [-0.3, -0.25) is 9.18 Å². The van der Waals surface area contributed by atoms with Gasteiger partial charge < -0.3 is 16.0 Å².